The molecule has 0 aliphatic rings. The van der Waals surface area contributed by atoms with Crippen molar-refractivity contribution in [3.05, 3.63) is 85.0 Å². The highest BCUT2D eigenvalue weighted by Crippen LogP contribution is 2.26. The van der Waals surface area contributed by atoms with Crippen molar-refractivity contribution >= 4 is 0 Å². The van der Waals surface area contributed by atoms with Gasteiger partial charge in [0.15, 0.2) is 0 Å². The first-order valence-electron chi connectivity index (χ1n) is 7.97. The zero-order valence-electron chi connectivity index (χ0n) is 13.5. The highest BCUT2D eigenvalue weighted by atomic mass is 16.5. The van der Waals surface area contributed by atoms with Gasteiger partial charge in [0.2, 0.25) is 0 Å². The summed E-state index contributed by atoms with van der Waals surface area (Å²) < 4.78 is 11.7. The second-order valence-electron chi connectivity index (χ2n) is 5.30. The summed E-state index contributed by atoms with van der Waals surface area (Å²) in [4.78, 5) is 0. The first kappa shape index (κ1) is 16.9. The van der Waals surface area contributed by atoms with Gasteiger partial charge in [0.05, 0.1) is 6.61 Å². The van der Waals surface area contributed by atoms with Gasteiger partial charge < -0.3 is 9.47 Å². The smallest absolute Gasteiger partial charge is 0.122 e. The molecular weight excluding hydrogens is 284 g/mol. The monoisotopic (exact) mass is 308 g/mol. The van der Waals surface area contributed by atoms with Crippen LogP contribution in [0.4, 0.5) is 0 Å². The first-order chi connectivity index (χ1) is 11.3. The van der Waals surface area contributed by atoms with Crippen molar-refractivity contribution in [2.75, 3.05) is 6.61 Å². The normalized spacial score (nSPS) is 10.1. The number of ether oxygens (including phenoxy) is 2. The number of aryl methyl sites for hydroxylation is 1. The van der Waals surface area contributed by atoms with Crippen molar-refractivity contribution in [2.24, 2.45) is 0 Å². The van der Waals surface area contributed by atoms with Gasteiger partial charge >= 0.3 is 0 Å². The maximum absolute atomic E-state index is 5.90. The van der Waals surface area contributed by atoms with E-state index in [1.165, 1.54) is 0 Å². The van der Waals surface area contributed by atoms with Crippen LogP contribution >= 0.6 is 0 Å². The molecule has 0 saturated heterocycles. The van der Waals surface area contributed by atoms with Gasteiger partial charge in [0.1, 0.15) is 18.1 Å². The largest absolute Gasteiger partial charge is 0.493 e. The van der Waals surface area contributed by atoms with E-state index in [9.17, 15) is 0 Å². The van der Waals surface area contributed by atoms with Gasteiger partial charge in [-0.1, -0.05) is 42.5 Å². The Morgan fingerprint density at radius 1 is 0.870 bits per heavy atom. The maximum atomic E-state index is 5.90. The van der Waals surface area contributed by atoms with Gasteiger partial charge in [-0.2, -0.15) is 0 Å². The Balaban J connectivity index is 2.04. The minimum atomic E-state index is 0.568. The molecule has 0 bridgehead atoms. The molecule has 120 valence electrons. The summed E-state index contributed by atoms with van der Waals surface area (Å²) in [5, 5.41) is 0. The number of allylic oxidation sites excluding steroid dienone is 1. The lowest BCUT2D eigenvalue weighted by molar-refractivity contribution is 0.301. The molecular formula is C21H24O2. The molecule has 0 heterocycles. The Bertz CT molecular complexity index is 617. The van der Waals surface area contributed by atoms with Crippen molar-refractivity contribution in [2.45, 2.75) is 25.9 Å². The van der Waals surface area contributed by atoms with Crippen LogP contribution in [0.25, 0.3) is 0 Å². The molecule has 0 amide bonds. The zero-order valence-corrected chi connectivity index (χ0v) is 13.5. The molecule has 2 aromatic rings. The van der Waals surface area contributed by atoms with E-state index in [2.05, 4.69) is 31.4 Å². The molecule has 2 rings (SSSR count). The van der Waals surface area contributed by atoms with Crippen molar-refractivity contribution < 1.29 is 9.47 Å². The van der Waals surface area contributed by atoms with E-state index in [4.69, 9.17) is 9.47 Å². The SMILES string of the molecule is C=CCCOc1ccc(OCc2ccccc2)cc1CCC=C. The van der Waals surface area contributed by atoms with Crippen LogP contribution in [0.3, 0.4) is 0 Å². The Morgan fingerprint density at radius 2 is 1.65 bits per heavy atom. The van der Waals surface area contributed by atoms with Gasteiger partial charge in [-0.25, -0.2) is 0 Å². The number of benzene rings is 2. The Labute approximate surface area is 139 Å². The summed E-state index contributed by atoms with van der Waals surface area (Å²) in [6.45, 7) is 8.73. The summed E-state index contributed by atoms with van der Waals surface area (Å²) >= 11 is 0. The molecule has 2 nitrogen and oxygen atoms in total. The molecule has 23 heavy (non-hydrogen) atoms. The topological polar surface area (TPSA) is 18.5 Å². The third-order valence-electron chi connectivity index (χ3n) is 3.48. The van der Waals surface area contributed by atoms with E-state index in [1.807, 2.05) is 42.5 Å². The third-order valence-corrected chi connectivity index (χ3v) is 3.48. The predicted octanol–water partition coefficient (Wildman–Crippen LogP) is 5.34. The molecule has 0 saturated carbocycles. The summed E-state index contributed by atoms with van der Waals surface area (Å²) in [6, 6.07) is 16.2. The van der Waals surface area contributed by atoms with E-state index >= 15 is 0 Å². The first-order valence-corrected chi connectivity index (χ1v) is 7.97. The summed E-state index contributed by atoms with van der Waals surface area (Å²) in [7, 11) is 0. The minimum absolute atomic E-state index is 0.568. The van der Waals surface area contributed by atoms with E-state index in [-0.39, 0.29) is 0 Å². The molecule has 0 unspecified atom stereocenters. The average Bonchev–Trinajstić information content (AvgIpc) is 2.60. The second kappa shape index (κ2) is 9.52. The van der Waals surface area contributed by atoms with Crippen LogP contribution in [0.15, 0.2) is 73.8 Å². The molecule has 2 aromatic carbocycles. The standard InChI is InChI=1S/C21H24O2/c1-3-5-12-19-16-20(13-14-21(19)22-15-6-4-2)23-17-18-10-8-7-9-11-18/h3-4,7-11,13-14,16H,1-2,5-6,12,15,17H2. The summed E-state index contributed by atoms with van der Waals surface area (Å²) in [5.74, 6) is 1.78. The van der Waals surface area contributed by atoms with Gasteiger partial charge in [0.25, 0.3) is 0 Å². The summed E-state index contributed by atoms with van der Waals surface area (Å²) in [6.07, 6.45) is 6.44. The fourth-order valence-corrected chi connectivity index (χ4v) is 2.23. The van der Waals surface area contributed by atoms with E-state index in [0.29, 0.717) is 13.2 Å². The number of hydrogen-bond acceptors (Lipinski definition) is 2. The van der Waals surface area contributed by atoms with Crippen LogP contribution in [-0.2, 0) is 13.0 Å². The molecule has 0 spiro atoms. The molecule has 0 aromatic heterocycles. The minimum Gasteiger partial charge on any atom is -0.493 e. The lowest BCUT2D eigenvalue weighted by atomic mass is 10.1. The highest BCUT2D eigenvalue weighted by Gasteiger charge is 2.06. The highest BCUT2D eigenvalue weighted by molar-refractivity contribution is 5.40. The van der Waals surface area contributed by atoms with Crippen LogP contribution in [0.2, 0.25) is 0 Å². The molecule has 0 aliphatic carbocycles. The Morgan fingerprint density at radius 3 is 2.39 bits per heavy atom. The van der Waals surface area contributed by atoms with E-state index < -0.39 is 0 Å². The molecule has 0 atom stereocenters. The van der Waals surface area contributed by atoms with Crippen LogP contribution in [0.5, 0.6) is 11.5 Å². The fourth-order valence-electron chi connectivity index (χ4n) is 2.23. The molecule has 0 N–H and O–H groups in total. The van der Waals surface area contributed by atoms with Crippen molar-refractivity contribution in [3.63, 3.8) is 0 Å². The van der Waals surface area contributed by atoms with Gasteiger partial charge in [0, 0.05) is 0 Å². The van der Waals surface area contributed by atoms with Crippen molar-refractivity contribution in [3.8, 4) is 11.5 Å². The molecule has 0 fully saturated rings. The molecule has 0 radical (unpaired) electrons. The zero-order chi connectivity index (χ0) is 16.3. The van der Waals surface area contributed by atoms with E-state index in [0.717, 1.165) is 41.9 Å². The molecule has 2 heteroatoms. The van der Waals surface area contributed by atoms with Crippen molar-refractivity contribution in [1.29, 1.82) is 0 Å². The number of rotatable bonds is 10. The Kier molecular flexibility index (Phi) is 6.99. The van der Waals surface area contributed by atoms with Gasteiger partial charge in [-0.15, -0.1) is 13.2 Å². The third kappa shape index (κ3) is 5.67. The van der Waals surface area contributed by atoms with Crippen LogP contribution < -0.4 is 9.47 Å². The lowest BCUT2D eigenvalue weighted by Gasteiger charge is -2.13. The van der Waals surface area contributed by atoms with Gasteiger partial charge in [-0.3, -0.25) is 0 Å². The number of hydrogen-bond donors (Lipinski definition) is 0. The lowest BCUT2D eigenvalue weighted by Crippen LogP contribution is -2.01. The quantitative estimate of drug-likeness (QED) is 0.436. The fraction of sp³-hybridized carbons (Fsp3) is 0.238. The predicted molar refractivity (Wildman–Crippen MR) is 96.0 cm³/mol. The summed E-state index contributed by atoms with van der Waals surface area (Å²) in [5.41, 5.74) is 2.31. The van der Waals surface area contributed by atoms with Crippen molar-refractivity contribution in [1.82, 2.24) is 0 Å². The second-order valence-corrected chi connectivity index (χ2v) is 5.30. The van der Waals surface area contributed by atoms with E-state index in [1.54, 1.807) is 0 Å². The van der Waals surface area contributed by atoms with Crippen LogP contribution in [0, 0.1) is 0 Å². The van der Waals surface area contributed by atoms with Gasteiger partial charge in [-0.05, 0) is 48.6 Å². The average molecular weight is 308 g/mol. The Hall–Kier alpha value is -2.48. The van der Waals surface area contributed by atoms with Crippen LogP contribution in [0.1, 0.15) is 24.0 Å². The van der Waals surface area contributed by atoms with Crippen LogP contribution in [-0.4, -0.2) is 6.61 Å². The molecule has 0 aliphatic heterocycles. The maximum Gasteiger partial charge on any atom is 0.122 e.